The van der Waals surface area contributed by atoms with E-state index >= 15 is 0 Å². The van der Waals surface area contributed by atoms with Crippen LogP contribution < -0.4 is 0 Å². The molecule has 0 N–H and O–H groups in total. The quantitative estimate of drug-likeness (QED) is 0.629. The Hall–Kier alpha value is -2.02. The molecule has 1 aromatic carbocycles. The normalized spacial score (nSPS) is 13.9. The first-order valence-electron chi connectivity index (χ1n) is 4.26. The highest BCUT2D eigenvalue weighted by Crippen LogP contribution is 2.09. The van der Waals surface area contributed by atoms with E-state index < -0.39 is 0 Å². The average Bonchev–Trinajstić information content (AvgIpc) is 2.72. The van der Waals surface area contributed by atoms with Gasteiger partial charge in [0.25, 0.3) is 0 Å². The van der Waals surface area contributed by atoms with Crippen molar-refractivity contribution in [2.24, 2.45) is 4.99 Å². The van der Waals surface area contributed by atoms with Crippen LogP contribution in [-0.2, 0) is 4.74 Å². The number of aliphatic imine (C=N–C) groups is 1. The Bertz CT molecular complexity index is 412. The molecule has 0 amide bonds. The highest BCUT2D eigenvalue weighted by Gasteiger charge is 2.09. The van der Waals surface area contributed by atoms with Crippen molar-refractivity contribution < 1.29 is 4.74 Å². The number of ether oxygens (including phenoxy) is 1. The lowest BCUT2D eigenvalue weighted by atomic mass is 10.1. The van der Waals surface area contributed by atoms with Crippen LogP contribution in [0.2, 0.25) is 0 Å². The summed E-state index contributed by atoms with van der Waals surface area (Å²) in [6.07, 6.45) is 0. The van der Waals surface area contributed by atoms with Gasteiger partial charge < -0.3 is 9.94 Å². The fourth-order valence-electron chi connectivity index (χ4n) is 1.25. The second-order valence-electron chi connectivity index (χ2n) is 2.82. The van der Waals surface area contributed by atoms with Crippen molar-refractivity contribution in [2.45, 2.75) is 0 Å². The molecule has 0 aromatic heterocycles. The first kappa shape index (κ1) is 8.57. The molecule has 4 nitrogen and oxygen atoms in total. The Morgan fingerprint density at radius 1 is 1.36 bits per heavy atom. The van der Waals surface area contributed by atoms with Gasteiger partial charge in [-0.1, -0.05) is 0 Å². The van der Waals surface area contributed by atoms with Crippen molar-refractivity contribution in [2.75, 3.05) is 13.2 Å². The molecule has 4 heteroatoms. The largest absolute Gasteiger partial charge is 0.498 e. The molecule has 0 saturated carbocycles. The fraction of sp³-hybridized carbons (Fsp3) is 0.200. The maximum atomic E-state index is 9.91. The number of nitrogens with zero attached hydrogens (tertiary/aromatic N) is 2. The molecule has 0 aliphatic carbocycles. The van der Waals surface area contributed by atoms with Gasteiger partial charge >= 0.3 is 6.07 Å². The van der Waals surface area contributed by atoms with Gasteiger partial charge in [-0.25, -0.2) is 4.99 Å². The van der Waals surface area contributed by atoms with E-state index in [0.29, 0.717) is 24.6 Å². The Kier molecular flexibility index (Phi) is 2.32. The molecule has 0 atom stereocenters. The first-order valence-corrected chi connectivity index (χ1v) is 4.26. The van der Waals surface area contributed by atoms with Gasteiger partial charge in [-0.2, -0.15) is 0 Å². The van der Waals surface area contributed by atoms with E-state index in [9.17, 15) is 5.21 Å². The van der Waals surface area contributed by atoms with E-state index in [1.807, 2.05) is 12.1 Å². The van der Waals surface area contributed by atoms with Gasteiger partial charge in [0, 0.05) is 10.6 Å². The molecule has 0 unspecified atom stereocenters. The van der Waals surface area contributed by atoms with Crippen molar-refractivity contribution in [1.29, 1.82) is 0 Å². The zero-order valence-electron chi connectivity index (χ0n) is 7.43. The third-order valence-corrected chi connectivity index (χ3v) is 1.89. The predicted molar refractivity (Wildman–Crippen MR) is 53.5 cm³/mol. The van der Waals surface area contributed by atoms with Gasteiger partial charge in [0.15, 0.2) is 0 Å². The summed E-state index contributed by atoms with van der Waals surface area (Å²) in [4.78, 5) is 4.17. The summed E-state index contributed by atoms with van der Waals surface area (Å²) in [7, 11) is 0. The Morgan fingerprint density at radius 3 is 2.71 bits per heavy atom. The van der Waals surface area contributed by atoms with Crippen LogP contribution in [0.3, 0.4) is 0 Å². The van der Waals surface area contributed by atoms with Gasteiger partial charge in [0.2, 0.25) is 5.90 Å². The van der Waals surface area contributed by atoms with E-state index in [4.69, 9.17) is 4.74 Å². The van der Waals surface area contributed by atoms with E-state index in [-0.39, 0.29) is 0 Å². The molecule has 70 valence electrons. The van der Waals surface area contributed by atoms with E-state index in [1.165, 1.54) is 0 Å². The molecule has 0 saturated heterocycles. The van der Waals surface area contributed by atoms with Crippen LogP contribution in [0, 0.1) is 11.3 Å². The van der Waals surface area contributed by atoms with E-state index in [2.05, 4.69) is 16.1 Å². The summed E-state index contributed by atoms with van der Waals surface area (Å²) in [5, 5.41) is 12.5. The minimum atomic E-state index is 0.644. The van der Waals surface area contributed by atoms with Crippen molar-refractivity contribution in [3.63, 3.8) is 0 Å². The molecular weight excluding hydrogens is 180 g/mol. The highest BCUT2D eigenvalue weighted by molar-refractivity contribution is 5.94. The fourth-order valence-corrected chi connectivity index (χ4v) is 1.25. The lowest BCUT2D eigenvalue weighted by molar-refractivity contribution is 0.348. The lowest BCUT2D eigenvalue weighted by Gasteiger charge is -1.99. The summed E-state index contributed by atoms with van der Waals surface area (Å²) in [5.74, 6) is 0.663. The molecule has 0 fully saturated rings. The van der Waals surface area contributed by atoms with Gasteiger partial charge in [-0.15, -0.1) is 0 Å². The SMILES string of the molecule is [O-][N+]#Cc1ccc(C2=NCCO2)cc1. The summed E-state index contributed by atoms with van der Waals surface area (Å²) < 4.78 is 5.28. The molecule has 0 spiro atoms. The predicted octanol–water partition coefficient (Wildman–Crippen LogP) is 1.64. The van der Waals surface area contributed by atoms with E-state index in [1.54, 1.807) is 12.1 Å². The topological polar surface area (TPSA) is 49.0 Å². The Labute approximate surface area is 81.2 Å². The number of hydrogen-bond acceptors (Lipinski definition) is 3. The number of benzene rings is 1. The standard InChI is InChI=1S/C10H8N2O2/c13-12-7-8-1-3-9(4-2-8)10-11-5-6-14-10/h1-4H,5-6H2. The molecule has 1 heterocycles. The summed E-state index contributed by atoms with van der Waals surface area (Å²) in [6.45, 7) is 1.36. The molecule has 1 aromatic rings. The smallest absolute Gasteiger partial charge is 0.336 e. The lowest BCUT2D eigenvalue weighted by Crippen LogP contribution is -2.00. The van der Waals surface area contributed by atoms with Gasteiger partial charge in [0.1, 0.15) is 12.2 Å². The molecule has 0 radical (unpaired) electrons. The maximum Gasteiger partial charge on any atom is 0.336 e. The minimum absolute atomic E-state index is 0.644. The third kappa shape index (κ3) is 1.67. The van der Waals surface area contributed by atoms with Crippen molar-refractivity contribution in [3.05, 3.63) is 45.6 Å². The molecule has 14 heavy (non-hydrogen) atoms. The van der Waals surface area contributed by atoms with Crippen LogP contribution >= 0.6 is 0 Å². The zero-order valence-corrected chi connectivity index (χ0v) is 7.43. The summed E-state index contributed by atoms with van der Waals surface area (Å²) >= 11 is 0. The Balaban J connectivity index is 2.24. The van der Waals surface area contributed by atoms with Gasteiger partial charge in [0.05, 0.1) is 6.54 Å². The molecule has 1 aliphatic heterocycles. The minimum Gasteiger partial charge on any atom is -0.498 e. The second-order valence-corrected chi connectivity index (χ2v) is 2.82. The molecular formula is C10H8N2O2. The second kappa shape index (κ2) is 3.79. The summed E-state index contributed by atoms with van der Waals surface area (Å²) in [6, 6.07) is 9.48. The van der Waals surface area contributed by atoms with Gasteiger partial charge in [-0.05, 0) is 24.3 Å². The van der Waals surface area contributed by atoms with Crippen molar-refractivity contribution in [1.82, 2.24) is 0 Å². The van der Waals surface area contributed by atoms with Crippen molar-refractivity contribution >= 4 is 5.90 Å². The average molecular weight is 188 g/mol. The van der Waals surface area contributed by atoms with Crippen molar-refractivity contribution in [3.8, 4) is 6.07 Å². The third-order valence-electron chi connectivity index (χ3n) is 1.89. The van der Waals surface area contributed by atoms with Crippen LogP contribution in [-0.4, -0.2) is 19.0 Å². The van der Waals surface area contributed by atoms with Crippen LogP contribution in [0.5, 0.6) is 0 Å². The first-order chi connectivity index (χ1) is 6.90. The zero-order chi connectivity index (χ0) is 9.80. The number of rotatable bonds is 1. The van der Waals surface area contributed by atoms with E-state index in [0.717, 1.165) is 5.56 Å². The van der Waals surface area contributed by atoms with Crippen LogP contribution in [0.1, 0.15) is 11.1 Å². The highest BCUT2D eigenvalue weighted by atomic mass is 16.5. The maximum absolute atomic E-state index is 9.91. The van der Waals surface area contributed by atoms with Gasteiger partial charge in [-0.3, -0.25) is 0 Å². The molecule has 2 rings (SSSR count). The molecule has 1 aliphatic rings. The number of hydrogen-bond donors (Lipinski definition) is 0. The summed E-state index contributed by atoms with van der Waals surface area (Å²) in [5.41, 5.74) is 1.57. The monoisotopic (exact) mass is 188 g/mol. The molecule has 0 bridgehead atoms. The Morgan fingerprint density at radius 2 is 2.14 bits per heavy atom. The van der Waals surface area contributed by atoms with Crippen LogP contribution in [0.4, 0.5) is 0 Å². The van der Waals surface area contributed by atoms with Crippen LogP contribution in [0.25, 0.3) is 5.01 Å². The van der Waals surface area contributed by atoms with Crippen LogP contribution in [0.15, 0.2) is 29.3 Å².